The number of nitrogens with two attached hydrogens (primary N) is 1. The number of carbonyl (C=O) groups is 2. The van der Waals surface area contributed by atoms with E-state index >= 15 is 0 Å². The van der Waals surface area contributed by atoms with E-state index < -0.39 is 12.1 Å². The van der Waals surface area contributed by atoms with Crippen LogP contribution in [0.1, 0.15) is 38.5 Å². The number of hydrogen-bond donors (Lipinski definition) is 2. The summed E-state index contributed by atoms with van der Waals surface area (Å²) in [4.78, 5) is 24.8. The van der Waals surface area contributed by atoms with Crippen LogP contribution in [-0.2, 0) is 9.59 Å². The molecule has 3 aliphatic rings. The van der Waals surface area contributed by atoms with Crippen molar-refractivity contribution in [1.29, 1.82) is 0 Å². The van der Waals surface area contributed by atoms with E-state index in [9.17, 15) is 14.7 Å². The Morgan fingerprint density at radius 3 is 2.11 bits per heavy atom. The molecular formula is C14H17NO3. The van der Waals surface area contributed by atoms with Crippen molar-refractivity contribution in [2.75, 3.05) is 0 Å². The molecular weight excluding hydrogens is 230 g/mol. The fourth-order valence-corrected chi connectivity index (χ4v) is 3.30. The maximum absolute atomic E-state index is 12.4. The second-order valence-corrected chi connectivity index (χ2v) is 5.35. The van der Waals surface area contributed by atoms with Crippen molar-refractivity contribution in [3.8, 4) is 0 Å². The van der Waals surface area contributed by atoms with Gasteiger partial charge in [-0.25, -0.2) is 0 Å². The predicted molar refractivity (Wildman–Crippen MR) is 65.8 cm³/mol. The van der Waals surface area contributed by atoms with Gasteiger partial charge in [0, 0.05) is 28.3 Å². The molecule has 0 aromatic heterocycles. The van der Waals surface area contributed by atoms with E-state index in [1.807, 2.05) is 0 Å². The Balaban J connectivity index is 2.13. The van der Waals surface area contributed by atoms with Crippen molar-refractivity contribution in [2.45, 2.75) is 50.7 Å². The first kappa shape index (κ1) is 11.8. The van der Waals surface area contributed by atoms with Crippen LogP contribution < -0.4 is 5.73 Å². The minimum Gasteiger partial charge on any atom is -0.388 e. The highest BCUT2D eigenvalue weighted by Crippen LogP contribution is 2.39. The predicted octanol–water partition coefficient (Wildman–Crippen LogP) is 0.787. The lowest BCUT2D eigenvalue weighted by Crippen LogP contribution is -2.42. The number of aliphatic hydroxyl groups excluding tert-OH is 1. The molecule has 0 aromatic rings. The summed E-state index contributed by atoms with van der Waals surface area (Å²) in [6.45, 7) is 0. The van der Waals surface area contributed by atoms with Gasteiger partial charge < -0.3 is 10.8 Å². The number of ketones is 2. The average Bonchev–Trinajstić information content (AvgIpc) is 2.38. The molecule has 3 rings (SSSR count). The Labute approximate surface area is 106 Å². The van der Waals surface area contributed by atoms with Crippen molar-refractivity contribution in [3.63, 3.8) is 0 Å². The third-order valence-electron chi connectivity index (χ3n) is 4.25. The van der Waals surface area contributed by atoms with Gasteiger partial charge in [-0.15, -0.1) is 0 Å². The van der Waals surface area contributed by atoms with E-state index in [1.54, 1.807) is 0 Å². The van der Waals surface area contributed by atoms with E-state index in [2.05, 4.69) is 0 Å². The molecule has 0 bridgehead atoms. The lowest BCUT2D eigenvalue weighted by molar-refractivity contribution is -0.118. The minimum atomic E-state index is -0.813. The fraction of sp³-hybridized carbons (Fsp3) is 0.571. The lowest BCUT2D eigenvalue weighted by Gasteiger charge is -2.34. The lowest BCUT2D eigenvalue weighted by atomic mass is 9.71. The van der Waals surface area contributed by atoms with Crippen LogP contribution in [0.15, 0.2) is 22.3 Å². The van der Waals surface area contributed by atoms with E-state index in [1.165, 1.54) is 0 Å². The number of carbonyl (C=O) groups excluding carboxylic acids is 2. The minimum absolute atomic E-state index is 0.0782. The van der Waals surface area contributed by atoms with Crippen LogP contribution in [0, 0.1) is 0 Å². The van der Waals surface area contributed by atoms with Crippen molar-refractivity contribution in [3.05, 3.63) is 22.3 Å². The maximum Gasteiger partial charge on any atom is 0.188 e. The van der Waals surface area contributed by atoms with Crippen molar-refractivity contribution < 1.29 is 14.7 Å². The largest absolute Gasteiger partial charge is 0.388 e. The summed E-state index contributed by atoms with van der Waals surface area (Å²) in [5.41, 5.74) is 7.94. The summed E-state index contributed by atoms with van der Waals surface area (Å²) in [7, 11) is 0. The average molecular weight is 247 g/mol. The maximum atomic E-state index is 12.4. The second-order valence-electron chi connectivity index (χ2n) is 5.35. The standard InChI is InChI=1S/C14H17NO3/c15-9-5-6-10(16)12-11(9)13(17)7-3-1-2-4-8(7)14(12)18/h9-10,16H,1-6,15H2. The Hall–Kier alpha value is -1.26. The molecule has 0 amide bonds. The number of hydrogen-bond acceptors (Lipinski definition) is 4. The number of allylic oxidation sites excluding steroid dienone is 2. The number of Topliss-reactive ketones (excluding diaryl/α,β-unsaturated/α-hetero) is 2. The molecule has 0 spiro atoms. The summed E-state index contributed by atoms with van der Waals surface area (Å²) in [5.74, 6) is -0.201. The van der Waals surface area contributed by atoms with Crippen LogP contribution in [-0.4, -0.2) is 28.8 Å². The Morgan fingerprint density at radius 2 is 1.50 bits per heavy atom. The molecule has 0 aliphatic heterocycles. The van der Waals surface area contributed by atoms with E-state index in [4.69, 9.17) is 5.73 Å². The monoisotopic (exact) mass is 247 g/mol. The number of rotatable bonds is 0. The van der Waals surface area contributed by atoms with Gasteiger partial charge in [-0.1, -0.05) is 0 Å². The molecule has 0 fully saturated rings. The summed E-state index contributed by atoms with van der Waals surface area (Å²) in [6.07, 6.45) is 3.48. The molecule has 0 radical (unpaired) electrons. The molecule has 96 valence electrons. The van der Waals surface area contributed by atoms with Gasteiger partial charge in [-0.3, -0.25) is 9.59 Å². The van der Waals surface area contributed by atoms with Gasteiger partial charge in [0.2, 0.25) is 0 Å². The molecule has 3 aliphatic carbocycles. The van der Waals surface area contributed by atoms with Gasteiger partial charge in [-0.2, -0.15) is 0 Å². The SMILES string of the molecule is NC1CCC(O)C2=C1C(=O)C1=C(CCCC1)C2=O. The van der Waals surface area contributed by atoms with Crippen molar-refractivity contribution in [2.24, 2.45) is 5.73 Å². The molecule has 4 heteroatoms. The summed E-state index contributed by atoms with van der Waals surface area (Å²) >= 11 is 0. The Bertz CT molecular complexity index is 457. The second kappa shape index (κ2) is 4.14. The molecule has 18 heavy (non-hydrogen) atoms. The zero-order chi connectivity index (χ0) is 12.9. The normalized spacial score (nSPS) is 32.6. The first-order chi connectivity index (χ1) is 8.61. The first-order valence-corrected chi connectivity index (χ1v) is 6.60. The smallest absolute Gasteiger partial charge is 0.188 e. The van der Waals surface area contributed by atoms with Crippen LogP contribution in [0.5, 0.6) is 0 Å². The van der Waals surface area contributed by atoms with Crippen LogP contribution in [0.4, 0.5) is 0 Å². The Kier molecular flexibility index (Phi) is 2.72. The van der Waals surface area contributed by atoms with Gasteiger partial charge in [-0.05, 0) is 38.5 Å². The molecule has 0 aromatic carbocycles. The van der Waals surface area contributed by atoms with Crippen LogP contribution in [0.25, 0.3) is 0 Å². The van der Waals surface area contributed by atoms with Gasteiger partial charge in [0.1, 0.15) is 0 Å². The molecule has 2 unspecified atom stereocenters. The van der Waals surface area contributed by atoms with Crippen molar-refractivity contribution in [1.82, 2.24) is 0 Å². The number of aliphatic hydroxyl groups is 1. The molecule has 2 atom stereocenters. The Morgan fingerprint density at radius 1 is 0.944 bits per heavy atom. The highest BCUT2D eigenvalue weighted by molar-refractivity contribution is 6.26. The summed E-state index contributed by atoms with van der Waals surface area (Å²) in [6, 6.07) is -0.393. The van der Waals surface area contributed by atoms with E-state index in [-0.39, 0.29) is 11.6 Å². The zero-order valence-electron chi connectivity index (χ0n) is 10.2. The molecule has 0 saturated heterocycles. The van der Waals surface area contributed by atoms with Gasteiger partial charge in [0.05, 0.1) is 6.10 Å². The van der Waals surface area contributed by atoms with Crippen LogP contribution >= 0.6 is 0 Å². The highest BCUT2D eigenvalue weighted by atomic mass is 16.3. The quantitative estimate of drug-likeness (QED) is 0.620. The summed E-state index contributed by atoms with van der Waals surface area (Å²) < 4.78 is 0. The third-order valence-corrected chi connectivity index (χ3v) is 4.25. The van der Waals surface area contributed by atoms with Crippen LogP contribution in [0.3, 0.4) is 0 Å². The van der Waals surface area contributed by atoms with Gasteiger partial charge >= 0.3 is 0 Å². The zero-order valence-corrected chi connectivity index (χ0v) is 10.2. The fourth-order valence-electron chi connectivity index (χ4n) is 3.30. The van der Waals surface area contributed by atoms with E-state index in [0.717, 1.165) is 12.8 Å². The van der Waals surface area contributed by atoms with Gasteiger partial charge in [0.25, 0.3) is 0 Å². The van der Waals surface area contributed by atoms with Crippen LogP contribution in [0.2, 0.25) is 0 Å². The van der Waals surface area contributed by atoms with Gasteiger partial charge in [0.15, 0.2) is 11.6 Å². The molecule has 0 saturated carbocycles. The third kappa shape index (κ3) is 1.52. The highest BCUT2D eigenvalue weighted by Gasteiger charge is 2.41. The topological polar surface area (TPSA) is 80.4 Å². The van der Waals surface area contributed by atoms with Crippen molar-refractivity contribution >= 4 is 11.6 Å². The first-order valence-electron chi connectivity index (χ1n) is 6.60. The molecule has 3 N–H and O–H groups in total. The molecule has 4 nitrogen and oxygen atoms in total. The summed E-state index contributed by atoms with van der Waals surface area (Å²) in [5, 5.41) is 9.99. The van der Waals surface area contributed by atoms with E-state index in [0.29, 0.717) is 48.0 Å². The molecule has 0 heterocycles.